The van der Waals surface area contributed by atoms with Gasteiger partial charge in [0.25, 0.3) is 5.91 Å². The number of phenols is 1. The minimum atomic E-state index is -0.720. The van der Waals surface area contributed by atoms with Crippen LogP contribution in [0.1, 0.15) is 27.6 Å². The van der Waals surface area contributed by atoms with E-state index in [-0.39, 0.29) is 22.8 Å². The molecule has 156 valence electrons. The van der Waals surface area contributed by atoms with Crippen LogP contribution < -0.4 is 5.32 Å². The summed E-state index contributed by atoms with van der Waals surface area (Å²) in [7, 11) is 0. The standard InChI is InChI=1S/C23H19N3O5/c1-15(27)16-6-8-17(9-7-16)24-22(29)14-31-23(30)20-4-2-3-5-21(20)26-25-18-10-12-19(28)13-11-18/h2-13,28H,14H2,1H3,(H,24,29). The predicted octanol–water partition coefficient (Wildman–Crippen LogP) is 4.81. The minimum Gasteiger partial charge on any atom is -0.508 e. The molecule has 1 amide bonds. The zero-order valence-corrected chi connectivity index (χ0v) is 16.6. The van der Waals surface area contributed by atoms with E-state index >= 15 is 0 Å². The minimum absolute atomic E-state index is 0.0759. The highest BCUT2D eigenvalue weighted by Crippen LogP contribution is 2.24. The topological polar surface area (TPSA) is 117 Å². The van der Waals surface area contributed by atoms with Crippen molar-refractivity contribution < 1.29 is 24.2 Å². The molecule has 3 rings (SSSR count). The molecule has 0 atom stereocenters. The van der Waals surface area contributed by atoms with Crippen LogP contribution in [0.2, 0.25) is 0 Å². The van der Waals surface area contributed by atoms with Gasteiger partial charge in [-0.05, 0) is 67.6 Å². The number of esters is 1. The molecule has 0 aliphatic carbocycles. The van der Waals surface area contributed by atoms with E-state index in [0.717, 1.165) is 0 Å². The number of hydrogen-bond donors (Lipinski definition) is 2. The Hall–Kier alpha value is -4.33. The maximum Gasteiger partial charge on any atom is 0.340 e. The number of benzene rings is 3. The summed E-state index contributed by atoms with van der Waals surface area (Å²) in [6.45, 7) is 0.964. The van der Waals surface area contributed by atoms with Gasteiger partial charge in [-0.25, -0.2) is 4.79 Å². The molecule has 0 fully saturated rings. The molecule has 0 bridgehead atoms. The lowest BCUT2D eigenvalue weighted by Gasteiger charge is -2.08. The van der Waals surface area contributed by atoms with Gasteiger partial charge in [0, 0.05) is 11.3 Å². The number of rotatable bonds is 7. The van der Waals surface area contributed by atoms with Gasteiger partial charge < -0.3 is 15.2 Å². The largest absolute Gasteiger partial charge is 0.508 e. The zero-order valence-electron chi connectivity index (χ0n) is 16.6. The Kier molecular flexibility index (Phi) is 6.85. The lowest BCUT2D eigenvalue weighted by Crippen LogP contribution is -2.21. The van der Waals surface area contributed by atoms with Gasteiger partial charge in [0.1, 0.15) is 11.4 Å². The molecule has 0 aromatic heterocycles. The molecular weight excluding hydrogens is 398 g/mol. The molecule has 8 heteroatoms. The van der Waals surface area contributed by atoms with E-state index in [1.54, 1.807) is 54.6 Å². The Balaban J connectivity index is 1.60. The average molecular weight is 417 g/mol. The molecule has 0 aliphatic heterocycles. The van der Waals surface area contributed by atoms with Crippen LogP contribution >= 0.6 is 0 Å². The number of nitrogens with zero attached hydrogens (tertiary/aromatic N) is 2. The van der Waals surface area contributed by atoms with E-state index in [1.807, 2.05) is 0 Å². The van der Waals surface area contributed by atoms with Crippen LogP contribution in [0.3, 0.4) is 0 Å². The molecule has 31 heavy (non-hydrogen) atoms. The molecule has 8 nitrogen and oxygen atoms in total. The summed E-state index contributed by atoms with van der Waals surface area (Å²) in [5.74, 6) is -1.21. The van der Waals surface area contributed by atoms with E-state index in [2.05, 4.69) is 15.5 Å². The van der Waals surface area contributed by atoms with Crippen molar-refractivity contribution in [2.75, 3.05) is 11.9 Å². The maximum absolute atomic E-state index is 12.4. The molecule has 0 spiro atoms. The molecule has 2 N–H and O–H groups in total. The second kappa shape index (κ2) is 9.93. The van der Waals surface area contributed by atoms with E-state index in [0.29, 0.717) is 16.9 Å². The monoisotopic (exact) mass is 417 g/mol. The summed E-state index contributed by atoms with van der Waals surface area (Å²) >= 11 is 0. The summed E-state index contributed by atoms with van der Waals surface area (Å²) in [5, 5.41) is 20.0. The summed E-state index contributed by atoms with van der Waals surface area (Å²) in [5.41, 5.74) is 1.94. The number of Topliss-reactive ketones (excluding diaryl/α,β-unsaturated/α-hetero) is 1. The molecule has 0 saturated carbocycles. The highest BCUT2D eigenvalue weighted by molar-refractivity contribution is 5.98. The average Bonchev–Trinajstić information content (AvgIpc) is 2.77. The highest BCUT2D eigenvalue weighted by Gasteiger charge is 2.14. The Bertz CT molecular complexity index is 1120. The summed E-state index contributed by atoms with van der Waals surface area (Å²) < 4.78 is 5.09. The fourth-order valence-corrected chi connectivity index (χ4v) is 2.56. The van der Waals surface area contributed by atoms with Crippen molar-refractivity contribution in [3.63, 3.8) is 0 Å². The summed E-state index contributed by atoms with van der Waals surface area (Å²) in [4.78, 5) is 35.8. The number of carbonyl (C=O) groups is 3. The lowest BCUT2D eigenvalue weighted by atomic mass is 10.1. The van der Waals surface area contributed by atoms with Gasteiger partial charge in [0.05, 0.1) is 11.3 Å². The first-order chi connectivity index (χ1) is 14.9. The van der Waals surface area contributed by atoms with Crippen LogP contribution in [0.5, 0.6) is 5.75 Å². The van der Waals surface area contributed by atoms with E-state index in [1.165, 1.54) is 25.1 Å². The Morgan fingerprint density at radius 1 is 0.903 bits per heavy atom. The molecule has 0 radical (unpaired) electrons. The second-order valence-corrected chi connectivity index (χ2v) is 6.49. The van der Waals surface area contributed by atoms with Crippen molar-refractivity contribution >= 4 is 34.7 Å². The first-order valence-electron chi connectivity index (χ1n) is 9.30. The van der Waals surface area contributed by atoms with Gasteiger partial charge in [-0.1, -0.05) is 12.1 Å². The third-order valence-corrected chi connectivity index (χ3v) is 4.16. The quantitative estimate of drug-likeness (QED) is 0.325. The number of nitrogens with one attached hydrogen (secondary N) is 1. The van der Waals surface area contributed by atoms with Gasteiger partial charge in [0.2, 0.25) is 0 Å². The number of ketones is 1. The Morgan fingerprint density at radius 3 is 2.26 bits per heavy atom. The smallest absolute Gasteiger partial charge is 0.340 e. The van der Waals surface area contributed by atoms with Crippen molar-refractivity contribution in [1.29, 1.82) is 0 Å². The number of carbonyl (C=O) groups excluding carboxylic acids is 3. The van der Waals surface area contributed by atoms with Crippen LogP contribution in [0.25, 0.3) is 0 Å². The number of hydrogen-bond acceptors (Lipinski definition) is 7. The van der Waals surface area contributed by atoms with Gasteiger partial charge >= 0.3 is 5.97 Å². The van der Waals surface area contributed by atoms with Crippen LogP contribution in [-0.4, -0.2) is 29.4 Å². The van der Waals surface area contributed by atoms with Gasteiger partial charge in [-0.3, -0.25) is 9.59 Å². The van der Waals surface area contributed by atoms with Gasteiger partial charge in [-0.2, -0.15) is 5.11 Å². The third-order valence-electron chi connectivity index (χ3n) is 4.16. The summed E-state index contributed by atoms with van der Waals surface area (Å²) in [6.07, 6.45) is 0. The van der Waals surface area contributed by atoms with Crippen molar-refractivity contribution in [3.8, 4) is 5.75 Å². The molecule has 0 heterocycles. The van der Waals surface area contributed by atoms with Gasteiger partial charge in [-0.15, -0.1) is 5.11 Å². The third kappa shape index (κ3) is 6.07. The molecule has 0 unspecified atom stereocenters. The number of ether oxygens (including phenoxy) is 1. The first kappa shape index (κ1) is 21.4. The summed E-state index contributed by atoms with van der Waals surface area (Å²) in [6, 6.07) is 18.9. The van der Waals surface area contributed by atoms with Crippen LogP contribution in [-0.2, 0) is 9.53 Å². The van der Waals surface area contributed by atoms with Crippen molar-refractivity contribution in [2.24, 2.45) is 10.2 Å². The second-order valence-electron chi connectivity index (χ2n) is 6.49. The molecule has 3 aromatic carbocycles. The van der Waals surface area contributed by atoms with Crippen molar-refractivity contribution in [3.05, 3.63) is 83.9 Å². The SMILES string of the molecule is CC(=O)c1ccc(NC(=O)COC(=O)c2ccccc2N=Nc2ccc(O)cc2)cc1. The van der Waals surface area contributed by atoms with E-state index in [4.69, 9.17) is 4.74 Å². The molecule has 0 aliphatic rings. The molecule has 3 aromatic rings. The van der Waals surface area contributed by atoms with E-state index < -0.39 is 18.5 Å². The zero-order chi connectivity index (χ0) is 22.2. The molecular formula is C23H19N3O5. The fourth-order valence-electron chi connectivity index (χ4n) is 2.56. The Morgan fingerprint density at radius 2 is 1.58 bits per heavy atom. The van der Waals surface area contributed by atoms with Crippen molar-refractivity contribution in [1.82, 2.24) is 0 Å². The van der Waals surface area contributed by atoms with Crippen LogP contribution in [0.15, 0.2) is 83.0 Å². The van der Waals surface area contributed by atoms with Crippen molar-refractivity contribution in [2.45, 2.75) is 6.92 Å². The number of aromatic hydroxyl groups is 1. The first-order valence-corrected chi connectivity index (χ1v) is 9.30. The maximum atomic E-state index is 12.4. The number of azo groups is 1. The molecule has 0 saturated heterocycles. The Labute approximate surface area is 178 Å². The number of phenolic OH excluding ortho intramolecular Hbond substituents is 1. The fraction of sp³-hybridized carbons (Fsp3) is 0.0870. The predicted molar refractivity (Wildman–Crippen MR) is 114 cm³/mol. The highest BCUT2D eigenvalue weighted by atomic mass is 16.5. The normalized spacial score (nSPS) is 10.6. The van der Waals surface area contributed by atoms with Crippen LogP contribution in [0.4, 0.5) is 17.1 Å². The lowest BCUT2D eigenvalue weighted by molar-refractivity contribution is -0.119. The van der Waals surface area contributed by atoms with Gasteiger partial charge in [0.15, 0.2) is 12.4 Å². The van der Waals surface area contributed by atoms with Crippen LogP contribution in [0, 0.1) is 0 Å². The van der Waals surface area contributed by atoms with E-state index in [9.17, 15) is 19.5 Å². The number of anilines is 1. The number of amides is 1.